The molecule has 0 spiro atoms. The summed E-state index contributed by atoms with van der Waals surface area (Å²) >= 11 is 0. The first-order valence-corrected chi connectivity index (χ1v) is 8.64. The van der Waals surface area contributed by atoms with Gasteiger partial charge >= 0.3 is 0 Å². The maximum atomic E-state index is 11.8. The van der Waals surface area contributed by atoms with Gasteiger partial charge in [-0.15, -0.1) is 0 Å². The van der Waals surface area contributed by atoms with Crippen LogP contribution < -0.4 is 4.74 Å². The Labute approximate surface area is 162 Å². The molecule has 0 aliphatic heterocycles. The Morgan fingerprint density at radius 2 is 1.32 bits per heavy atom. The molecule has 0 bridgehead atoms. The Balaban J connectivity index is 2.28. The predicted molar refractivity (Wildman–Crippen MR) is 104 cm³/mol. The highest BCUT2D eigenvalue weighted by Gasteiger charge is 2.35. The van der Waals surface area contributed by atoms with Crippen LogP contribution in [0.25, 0.3) is 0 Å². The summed E-state index contributed by atoms with van der Waals surface area (Å²) in [5.41, 5.74) is 0.120. The number of aliphatic hydroxyl groups is 2. The minimum Gasteiger partial charge on any atom is -0.508 e. The van der Waals surface area contributed by atoms with Gasteiger partial charge in [0.15, 0.2) is 11.5 Å². The largest absolute Gasteiger partial charge is 0.508 e. The topological polar surface area (TPSA) is 110 Å². The molecule has 6 heteroatoms. The van der Waals surface area contributed by atoms with Crippen molar-refractivity contribution in [1.29, 1.82) is 0 Å². The first kappa shape index (κ1) is 19.5. The van der Waals surface area contributed by atoms with Gasteiger partial charge in [0.05, 0.1) is 13.7 Å². The molecule has 3 aromatic rings. The van der Waals surface area contributed by atoms with Crippen LogP contribution in [0, 0.1) is 6.92 Å². The molecule has 0 saturated carbocycles. The second kappa shape index (κ2) is 7.42. The number of aromatic hydroxyl groups is 3. The van der Waals surface area contributed by atoms with Crippen LogP contribution >= 0.6 is 0 Å². The van der Waals surface area contributed by atoms with Crippen molar-refractivity contribution in [2.24, 2.45) is 0 Å². The number of phenolic OH excluding ortho intramolecular Hbond substituents is 2. The third-order valence-corrected chi connectivity index (χ3v) is 4.90. The number of methoxy groups -OCH3 is 1. The fourth-order valence-corrected chi connectivity index (χ4v) is 3.17. The summed E-state index contributed by atoms with van der Waals surface area (Å²) in [5.74, 6) is -0.0837. The molecule has 0 heterocycles. The summed E-state index contributed by atoms with van der Waals surface area (Å²) in [6.45, 7) is 1.39. The van der Waals surface area contributed by atoms with Crippen LogP contribution in [0.5, 0.6) is 23.0 Å². The van der Waals surface area contributed by atoms with Crippen molar-refractivity contribution in [1.82, 2.24) is 0 Å². The Hall–Kier alpha value is -3.22. The Kier molecular flexibility index (Phi) is 5.18. The maximum absolute atomic E-state index is 11.8. The van der Waals surface area contributed by atoms with Gasteiger partial charge in [-0.25, -0.2) is 0 Å². The summed E-state index contributed by atoms with van der Waals surface area (Å²) in [5, 5.41) is 51.7. The molecular formula is C22H22O6. The summed E-state index contributed by atoms with van der Waals surface area (Å²) in [6.07, 6.45) is 0. The molecule has 5 N–H and O–H groups in total. The van der Waals surface area contributed by atoms with E-state index in [1.807, 2.05) is 0 Å². The van der Waals surface area contributed by atoms with Crippen molar-refractivity contribution >= 4 is 0 Å². The van der Waals surface area contributed by atoms with Crippen molar-refractivity contribution < 1.29 is 30.3 Å². The second-order valence-corrected chi connectivity index (χ2v) is 6.60. The molecule has 0 saturated heterocycles. The third kappa shape index (κ3) is 3.24. The number of aliphatic hydroxyl groups excluding tert-OH is 1. The van der Waals surface area contributed by atoms with Crippen LogP contribution in [0.2, 0.25) is 0 Å². The van der Waals surface area contributed by atoms with Crippen LogP contribution in [-0.2, 0) is 12.2 Å². The summed E-state index contributed by atoms with van der Waals surface area (Å²) < 4.78 is 5.07. The Morgan fingerprint density at radius 1 is 0.786 bits per heavy atom. The molecule has 3 aromatic carbocycles. The smallest absolute Gasteiger partial charge is 0.160 e. The van der Waals surface area contributed by atoms with Crippen molar-refractivity contribution in [3.63, 3.8) is 0 Å². The molecule has 1 atom stereocenters. The lowest BCUT2D eigenvalue weighted by Crippen LogP contribution is -2.29. The van der Waals surface area contributed by atoms with Crippen molar-refractivity contribution in [3.8, 4) is 23.0 Å². The molecule has 0 aliphatic carbocycles. The standard InChI is InChI=1S/C22H22O6/c1-13-3-5-15(9-18(13)24)22(27,16-6-4-14(12-23)19(25)10-16)17-7-8-21(28-2)20(26)11-17/h3-11,23-27H,12H2,1-2H3. The fourth-order valence-electron chi connectivity index (χ4n) is 3.17. The van der Waals surface area contributed by atoms with Crippen molar-refractivity contribution in [2.75, 3.05) is 7.11 Å². The number of rotatable bonds is 5. The van der Waals surface area contributed by atoms with Crippen LogP contribution in [0.3, 0.4) is 0 Å². The van der Waals surface area contributed by atoms with Gasteiger partial charge in [0, 0.05) is 5.56 Å². The lowest BCUT2D eigenvalue weighted by Gasteiger charge is -2.31. The molecule has 0 amide bonds. The fraction of sp³-hybridized carbons (Fsp3) is 0.182. The van der Waals surface area contributed by atoms with Gasteiger partial charge in [0.25, 0.3) is 0 Å². The van der Waals surface area contributed by atoms with Gasteiger partial charge in [-0.1, -0.05) is 30.3 Å². The van der Waals surface area contributed by atoms with Crippen LogP contribution in [0.1, 0.15) is 27.8 Å². The number of phenols is 3. The quantitative estimate of drug-likeness (QED) is 0.434. The normalized spacial score (nSPS) is 13.1. The molecule has 28 heavy (non-hydrogen) atoms. The SMILES string of the molecule is COc1ccc(C(O)(c2ccc(C)c(O)c2)c2ccc(CO)c(O)c2)cc1O. The first-order chi connectivity index (χ1) is 13.3. The highest BCUT2D eigenvalue weighted by atomic mass is 16.5. The highest BCUT2D eigenvalue weighted by Crippen LogP contribution is 2.42. The van der Waals surface area contributed by atoms with Gasteiger partial charge in [0.2, 0.25) is 0 Å². The van der Waals surface area contributed by atoms with E-state index in [-0.39, 0.29) is 29.6 Å². The van der Waals surface area contributed by atoms with Gasteiger partial charge < -0.3 is 30.3 Å². The lowest BCUT2D eigenvalue weighted by atomic mass is 9.79. The van der Waals surface area contributed by atoms with Gasteiger partial charge in [-0.2, -0.15) is 0 Å². The number of hydrogen-bond acceptors (Lipinski definition) is 6. The van der Waals surface area contributed by atoms with E-state index in [4.69, 9.17) is 4.74 Å². The van der Waals surface area contributed by atoms with Crippen molar-refractivity contribution in [3.05, 3.63) is 82.4 Å². The molecule has 3 rings (SSSR count). The molecule has 6 nitrogen and oxygen atoms in total. The van der Waals surface area contributed by atoms with E-state index < -0.39 is 5.60 Å². The molecule has 0 fully saturated rings. The average molecular weight is 382 g/mol. The van der Waals surface area contributed by atoms with Gasteiger partial charge in [-0.3, -0.25) is 0 Å². The molecule has 1 unspecified atom stereocenters. The van der Waals surface area contributed by atoms with Crippen LogP contribution in [0.15, 0.2) is 54.6 Å². The molecule has 0 aromatic heterocycles. The molecule has 0 radical (unpaired) electrons. The molecule has 146 valence electrons. The average Bonchev–Trinajstić information content (AvgIpc) is 2.69. The lowest BCUT2D eigenvalue weighted by molar-refractivity contribution is 0.124. The molecular weight excluding hydrogens is 360 g/mol. The number of aryl methyl sites for hydroxylation is 1. The minimum absolute atomic E-state index is 0.00450. The monoisotopic (exact) mass is 382 g/mol. The Morgan fingerprint density at radius 3 is 1.82 bits per heavy atom. The summed E-state index contributed by atoms with van der Waals surface area (Å²) in [7, 11) is 1.42. The van der Waals surface area contributed by atoms with Gasteiger partial charge in [-0.05, 0) is 53.4 Å². The van der Waals surface area contributed by atoms with E-state index in [1.165, 1.54) is 37.4 Å². The Bertz CT molecular complexity index is 958. The zero-order valence-corrected chi connectivity index (χ0v) is 15.5. The van der Waals surface area contributed by atoms with Gasteiger partial charge in [0.1, 0.15) is 17.1 Å². The molecule has 0 aliphatic rings. The number of hydrogen-bond donors (Lipinski definition) is 5. The van der Waals surface area contributed by atoms with Crippen molar-refractivity contribution in [2.45, 2.75) is 19.1 Å². The highest BCUT2D eigenvalue weighted by molar-refractivity contribution is 5.55. The van der Waals surface area contributed by atoms with E-state index >= 15 is 0 Å². The van der Waals surface area contributed by atoms with Crippen LogP contribution in [0.4, 0.5) is 0 Å². The summed E-state index contributed by atoms with van der Waals surface area (Å²) in [4.78, 5) is 0. The van der Waals surface area contributed by atoms with Crippen LogP contribution in [-0.4, -0.2) is 32.6 Å². The summed E-state index contributed by atoms with van der Waals surface area (Å²) in [6, 6.07) is 13.7. The van der Waals surface area contributed by atoms with E-state index in [0.717, 1.165) is 0 Å². The predicted octanol–water partition coefficient (Wildman–Crippen LogP) is 2.90. The minimum atomic E-state index is -1.79. The second-order valence-electron chi connectivity index (χ2n) is 6.60. The zero-order chi connectivity index (χ0) is 20.5. The van der Waals surface area contributed by atoms with E-state index in [0.29, 0.717) is 27.8 Å². The van der Waals surface area contributed by atoms with E-state index in [2.05, 4.69) is 0 Å². The zero-order valence-electron chi connectivity index (χ0n) is 15.5. The number of ether oxygens (including phenoxy) is 1. The number of benzene rings is 3. The maximum Gasteiger partial charge on any atom is 0.160 e. The first-order valence-electron chi connectivity index (χ1n) is 8.64. The third-order valence-electron chi connectivity index (χ3n) is 4.90. The van der Waals surface area contributed by atoms with E-state index in [1.54, 1.807) is 31.2 Å². The van der Waals surface area contributed by atoms with E-state index in [9.17, 15) is 25.5 Å².